The Morgan fingerprint density at radius 1 is 1.30 bits per heavy atom. The van der Waals surface area contributed by atoms with Crippen molar-refractivity contribution in [2.75, 3.05) is 7.11 Å². The first-order chi connectivity index (χ1) is 11.0. The van der Waals surface area contributed by atoms with Crippen LogP contribution in [0.3, 0.4) is 0 Å². The van der Waals surface area contributed by atoms with Crippen LogP contribution >= 0.6 is 23.2 Å². The lowest BCUT2D eigenvalue weighted by atomic mass is 10.1. The van der Waals surface area contributed by atoms with E-state index in [1.54, 1.807) is 0 Å². The second-order valence-electron chi connectivity index (χ2n) is 4.83. The third-order valence-electron chi connectivity index (χ3n) is 3.20. The molecule has 0 spiro atoms. The van der Waals surface area contributed by atoms with Gasteiger partial charge in [0.25, 0.3) is 0 Å². The van der Waals surface area contributed by atoms with Crippen LogP contribution in [0.1, 0.15) is 11.1 Å². The standard InChI is InChI=1S/C17H15Cl2NO3/c1-23-17(22)15(7-11-5-3-2-4-6-11)20-10-12-8-13(18)9-14(19)16(12)21/h2-6,8-10,15,21H,7H2,1H3/t15-/m0/s1. The van der Waals surface area contributed by atoms with E-state index in [2.05, 4.69) is 4.99 Å². The quantitative estimate of drug-likeness (QED) is 0.656. The molecule has 2 aromatic rings. The number of carbonyl (C=O) groups excluding carboxylic acids is 1. The molecule has 1 N–H and O–H groups in total. The minimum absolute atomic E-state index is 0.122. The monoisotopic (exact) mass is 351 g/mol. The van der Waals surface area contributed by atoms with Gasteiger partial charge in [0, 0.05) is 23.2 Å². The van der Waals surface area contributed by atoms with E-state index in [9.17, 15) is 9.90 Å². The molecule has 0 heterocycles. The van der Waals surface area contributed by atoms with Crippen LogP contribution in [0.5, 0.6) is 5.75 Å². The number of halogens is 2. The van der Waals surface area contributed by atoms with Gasteiger partial charge in [0.15, 0.2) is 6.04 Å². The lowest BCUT2D eigenvalue weighted by Crippen LogP contribution is -2.23. The van der Waals surface area contributed by atoms with Gasteiger partial charge in [-0.05, 0) is 17.7 Å². The minimum Gasteiger partial charge on any atom is -0.506 e. The number of aromatic hydroxyl groups is 1. The number of methoxy groups -OCH3 is 1. The average Bonchev–Trinajstić information content (AvgIpc) is 2.55. The van der Waals surface area contributed by atoms with Gasteiger partial charge < -0.3 is 9.84 Å². The predicted octanol–water partition coefficient (Wildman–Crippen LogP) is 3.90. The van der Waals surface area contributed by atoms with Gasteiger partial charge in [-0.25, -0.2) is 4.79 Å². The van der Waals surface area contributed by atoms with Crippen molar-refractivity contribution in [3.63, 3.8) is 0 Å². The molecule has 0 saturated carbocycles. The van der Waals surface area contributed by atoms with Crippen LogP contribution < -0.4 is 0 Å². The van der Waals surface area contributed by atoms with E-state index in [1.807, 2.05) is 30.3 Å². The lowest BCUT2D eigenvalue weighted by molar-refractivity contribution is -0.142. The van der Waals surface area contributed by atoms with Crippen LogP contribution in [-0.4, -0.2) is 30.4 Å². The molecule has 0 aliphatic rings. The molecule has 2 aromatic carbocycles. The molecule has 4 nitrogen and oxygen atoms in total. The first kappa shape index (κ1) is 17.3. The molecule has 6 heteroatoms. The molecule has 0 fully saturated rings. The molecule has 0 radical (unpaired) electrons. The van der Waals surface area contributed by atoms with Crippen molar-refractivity contribution in [3.05, 3.63) is 63.6 Å². The molecule has 2 rings (SSSR count). The maximum Gasteiger partial charge on any atom is 0.330 e. The van der Waals surface area contributed by atoms with Crippen molar-refractivity contribution in [2.24, 2.45) is 4.99 Å². The van der Waals surface area contributed by atoms with E-state index in [0.29, 0.717) is 17.0 Å². The number of esters is 1. The summed E-state index contributed by atoms with van der Waals surface area (Å²) in [6.45, 7) is 0. The highest BCUT2D eigenvalue weighted by atomic mass is 35.5. The molecule has 120 valence electrons. The maximum absolute atomic E-state index is 11.9. The van der Waals surface area contributed by atoms with Crippen LogP contribution in [-0.2, 0) is 16.0 Å². The zero-order chi connectivity index (χ0) is 16.8. The highest BCUT2D eigenvalue weighted by Gasteiger charge is 2.18. The summed E-state index contributed by atoms with van der Waals surface area (Å²) < 4.78 is 4.78. The number of rotatable bonds is 5. The zero-order valence-electron chi connectivity index (χ0n) is 12.4. The van der Waals surface area contributed by atoms with Crippen molar-refractivity contribution in [1.82, 2.24) is 0 Å². The molecule has 0 unspecified atom stereocenters. The molecular weight excluding hydrogens is 337 g/mol. The zero-order valence-corrected chi connectivity index (χ0v) is 13.9. The van der Waals surface area contributed by atoms with E-state index in [1.165, 1.54) is 25.5 Å². The molecule has 0 saturated heterocycles. The molecule has 1 atom stereocenters. The fourth-order valence-corrected chi connectivity index (χ4v) is 2.53. The largest absolute Gasteiger partial charge is 0.506 e. The number of aliphatic imine (C=N–C) groups is 1. The van der Waals surface area contributed by atoms with Crippen LogP contribution in [0.2, 0.25) is 10.0 Å². The third-order valence-corrected chi connectivity index (χ3v) is 3.70. The SMILES string of the molecule is COC(=O)[C@H](Cc1ccccc1)N=Cc1cc(Cl)cc(Cl)c1O. The summed E-state index contributed by atoms with van der Waals surface area (Å²) in [5.41, 5.74) is 1.29. The van der Waals surface area contributed by atoms with Crippen molar-refractivity contribution in [2.45, 2.75) is 12.5 Å². The second-order valence-corrected chi connectivity index (χ2v) is 5.68. The first-order valence-corrected chi connectivity index (χ1v) is 7.59. The van der Waals surface area contributed by atoms with Crippen LogP contribution in [0, 0.1) is 0 Å². The van der Waals surface area contributed by atoms with Gasteiger partial charge in [0.2, 0.25) is 0 Å². The molecule has 0 bridgehead atoms. The summed E-state index contributed by atoms with van der Waals surface area (Å²) in [6.07, 6.45) is 1.76. The molecular formula is C17H15Cl2NO3. The molecule has 0 aliphatic heterocycles. The topological polar surface area (TPSA) is 58.9 Å². The fourth-order valence-electron chi connectivity index (χ4n) is 2.02. The van der Waals surface area contributed by atoms with E-state index < -0.39 is 12.0 Å². The Morgan fingerprint density at radius 2 is 2.00 bits per heavy atom. The summed E-state index contributed by atoms with van der Waals surface area (Å²) in [7, 11) is 1.31. The fraction of sp³-hybridized carbons (Fsp3) is 0.176. The number of phenols is 1. The number of phenolic OH excluding ortho intramolecular Hbond substituents is 1. The van der Waals surface area contributed by atoms with Crippen molar-refractivity contribution >= 4 is 35.4 Å². The second kappa shape index (κ2) is 7.99. The molecule has 0 amide bonds. The van der Waals surface area contributed by atoms with Crippen LogP contribution in [0.25, 0.3) is 0 Å². The van der Waals surface area contributed by atoms with E-state index in [0.717, 1.165) is 5.56 Å². The van der Waals surface area contributed by atoms with Crippen molar-refractivity contribution in [3.8, 4) is 5.75 Å². The number of hydrogen-bond acceptors (Lipinski definition) is 4. The number of ether oxygens (including phenoxy) is 1. The van der Waals surface area contributed by atoms with Crippen LogP contribution in [0.15, 0.2) is 47.5 Å². The van der Waals surface area contributed by atoms with Gasteiger partial charge >= 0.3 is 5.97 Å². The Balaban J connectivity index is 2.26. The van der Waals surface area contributed by atoms with Gasteiger partial charge in [-0.2, -0.15) is 0 Å². The lowest BCUT2D eigenvalue weighted by Gasteiger charge is -2.10. The predicted molar refractivity (Wildman–Crippen MR) is 91.7 cm³/mol. The first-order valence-electron chi connectivity index (χ1n) is 6.84. The molecule has 23 heavy (non-hydrogen) atoms. The number of carbonyl (C=O) groups is 1. The van der Waals surface area contributed by atoms with Gasteiger partial charge in [-0.3, -0.25) is 4.99 Å². The van der Waals surface area contributed by atoms with E-state index in [4.69, 9.17) is 27.9 Å². The summed E-state index contributed by atoms with van der Waals surface area (Å²) in [6, 6.07) is 11.7. The van der Waals surface area contributed by atoms with Crippen molar-refractivity contribution < 1.29 is 14.6 Å². The Kier molecular flexibility index (Phi) is 6.02. The Bertz CT molecular complexity index is 717. The average molecular weight is 352 g/mol. The minimum atomic E-state index is -0.723. The Hall–Kier alpha value is -2.04. The molecule has 0 aromatic heterocycles. The maximum atomic E-state index is 11.9. The Morgan fingerprint density at radius 3 is 2.65 bits per heavy atom. The third kappa shape index (κ3) is 4.71. The summed E-state index contributed by atoms with van der Waals surface area (Å²) in [4.78, 5) is 16.1. The van der Waals surface area contributed by atoms with Crippen LogP contribution in [0.4, 0.5) is 0 Å². The van der Waals surface area contributed by atoms with Gasteiger partial charge in [-0.1, -0.05) is 53.5 Å². The van der Waals surface area contributed by atoms with E-state index in [-0.39, 0.29) is 10.8 Å². The number of nitrogens with zero attached hydrogens (tertiary/aromatic N) is 1. The Labute approximate surface area is 144 Å². The highest BCUT2D eigenvalue weighted by Crippen LogP contribution is 2.30. The number of hydrogen-bond donors (Lipinski definition) is 1. The van der Waals surface area contributed by atoms with Gasteiger partial charge in [0.05, 0.1) is 12.1 Å². The summed E-state index contributed by atoms with van der Waals surface area (Å²) in [5, 5.41) is 10.4. The smallest absolute Gasteiger partial charge is 0.330 e. The van der Waals surface area contributed by atoms with Crippen molar-refractivity contribution in [1.29, 1.82) is 0 Å². The summed E-state index contributed by atoms with van der Waals surface area (Å²) >= 11 is 11.8. The number of benzene rings is 2. The van der Waals surface area contributed by atoms with Gasteiger partial charge in [0.1, 0.15) is 5.75 Å². The normalized spacial score (nSPS) is 12.3. The molecule has 0 aliphatic carbocycles. The van der Waals surface area contributed by atoms with E-state index >= 15 is 0 Å². The highest BCUT2D eigenvalue weighted by molar-refractivity contribution is 6.36. The summed E-state index contributed by atoms with van der Waals surface area (Å²) in [5.74, 6) is -0.596. The van der Waals surface area contributed by atoms with Gasteiger partial charge in [-0.15, -0.1) is 0 Å².